The van der Waals surface area contributed by atoms with Gasteiger partial charge in [0, 0.05) is 6.54 Å². The van der Waals surface area contributed by atoms with Gasteiger partial charge in [-0.25, -0.2) is 4.79 Å². The van der Waals surface area contributed by atoms with Crippen molar-refractivity contribution in [2.24, 2.45) is 0 Å². The lowest BCUT2D eigenvalue weighted by Gasteiger charge is -2.13. The van der Waals surface area contributed by atoms with Crippen LogP contribution >= 0.6 is 0 Å². The average Bonchev–Trinajstić information content (AvgIpc) is 2.97. The summed E-state index contributed by atoms with van der Waals surface area (Å²) >= 11 is 0. The van der Waals surface area contributed by atoms with Crippen LogP contribution in [0.5, 0.6) is 11.5 Å². The molecule has 3 rings (SSSR count). The van der Waals surface area contributed by atoms with Gasteiger partial charge in [-0.05, 0) is 48.4 Å². The largest absolute Gasteiger partial charge is 0.493 e. The predicted octanol–water partition coefficient (Wildman–Crippen LogP) is 3.15. The number of carbonyl (C=O) groups excluding carboxylic acids is 3. The summed E-state index contributed by atoms with van der Waals surface area (Å²) in [5, 5.41) is 0. The van der Waals surface area contributed by atoms with Gasteiger partial charge in [-0.2, -0.15) is 0 Å². The number of benzene rings is 2. The summed E-state index contributed by atoms with van der Waals surface area (Å²) in [6, 6.07) is 7.89. The maximum Gasteiger partial charge on any atom is 0.338 e. The van der Waals surface area contributed by atoms with Crippen LogP contribution in [0, 0.1) is 6.92 Å². The predicted molar refractivity (Wildman–Crippen MR) is 105 cm³/mol. The van der Waals surface area contributed by atoms with Gasteiger partial charge in [-0.3, -0.25) is 14.5 Å². The fourth-order valence-corrected chi connectivity index (χ4v) is 3.12. The smallest absolute Gasteiger partial charge is 0.338 e. The van der Waals surface area contributed by atoms with Crippen LogP contribution in [0.15, 0.2) is 43.0 Å². The molecule has 0 saturated heterocycles. The summed E-state index contributed by atoms with van der Waals surface area (Å²) in [5.41, 5.74) is 2.30. The molecular formula is C22H21NO6. The molecule has 0 saturated carbocycles. The molecule has 0 bridgehead atoms. The summed E-state index contributed by atoms with van der Waals surface area (Å²) in [4.78, 5) is 38.2. The number of fused-ring (bicyclic) bond motifs is 1. The number of hydrogen-bond donors (Lipinski definition) is 0. The second-order valence-electron chi connectivity index (χ2n) is 6.48. The fourth-order valence-electron chi connectivity index (χ4n) is 3.12. The van der Waals surface area contributed by atoms with Crippen LogP contribution < -0.4 is 9.47 Å². The van der Waals surface area contributed by atoms with Crippen molar-refractivity contribution in [3.05, 3.63) is 70.8 Å². The molecule has 2 amide bonds. The topological polar surface area (TPSA) is 82.1 Å². The van der Waals surface area contributed by atoms with Gasteiger partial charge in [0.25, 0.3) is 11.8 Å². The minimum atomic E-state index is -0.593. The number of carbonyl (C=O) groups is 3. The van der Waals surface area contributed by atoms with Crippen LogP contribution in [-0.2, 0) is 11.3 Å². The highest BCUT2D eigenvalue weighted by molar-refractivity contribution is 6.22. The van der Waals surface area contributed by atoms with Crippen LogP contribution in [0.3, 0.4) is 0 Å². The van der Waals surface area contributed by atoms with Crippen molar-refractivity contribution in [1.82, 2.24) is 4.90 Å². The first-order valence-corrected chi connectivity index (χ1v) is 8.91. The maximum atomic E-state index is 12.5. The number of amides is 2. The number of nitrogens with zero attached hydrogens (tertiary/aromatic N) is 1. The highest BCUT2D eigenvalue weighted by Gasteiger charge is 2.35. The van der Waals surface area contributed by atoms with E-state index in [1.165, 1.54) is 31.4 Å². The Labute approximate surface area is 168 Å². The number of imide groups is 1. The van der Waals surface area contributed by atoms with Crippen molar-refractivity contribution in [3.63, 3.8) is 0 Å². The first-order valence-electron chi connectivity index (χ1n) is 8.91. The van der Waals surface area contributed by atoms with E-state index in [2.05, 4.69) is 6.58 Å². The first-order chi connectivity index (χ1) is 13.9. The van der Waals surface area contributed by atoms with Gasteiger partial charge in [0.15, 0.2) is 11.5 Å². The zero-order valence-corrected chi connectivity index (χ0v) is 16.5. The van der Waals surface area contributed by atoms with Crippen molar-refractivity contribution in [1.29, 1.82) is 0 Å². The molecule has 7 heteroatoms. The minimum Gasteiger partial charge on any atom is -0.493 e. The third-order valence-electron chi connectivity index (χ3n) is 4.72. The van der Waals surface area contributed by atoms with Crippen LogP contribution in [0.1, 0.15) is 42.2 Å². The summed E-state index contributed by atoms with van der Waals surface area (Å²) in [6.07, 6.45) is 1.47. The highest BCUT2D eigenvalue weighted by Crippen LogP contribution is 2.31. The van der Waals surface area contributed by atoms with Gasteiger partial charge in [0.05, 0.1) is 30.9 Å². The van der Waals surface area contributed by atoms with Crippen LogP contribution in [0.4, 0.5) is 0 Å². The Morgan fingerprint density at radius 1 is 1.03 bits per heavy atom. The number of ether oxygens (including phenoxy) is 3. The SMILES string of the molecule is C=CCN1C(=O)c2ccc(C(=O)OCc3cc(OC)c(OC)cc3C)cc2C1=O. The lowest BCUT2D eigenvalue weighted by molar-refractivity contribution is 0.0471. The third kappa shape index (κ3) is 3.71. The molecule has 0 aliphatic carbocycles. The lowest BCUT2D eigenvalue weighted by Crippen LogP contribution is -2.29. The van der Waals surface area contributed by atoms with Crippen molar-refractivity contribution in [3.8, 4) is 11.5 Å². The Bertz CT molecular complexity index is 1010. The van der Waals surface area contributed by atoms with Gasteiger partial charge >= 0.3 is 5.97 Å². The van der Waals surface area contributed by atoms with Crippen molar-refractivity contribution < 1.29 is 28.6 Å². The molecule has 1 aliphatic rings. The van der Waals surface area contributed by atoms with E-state index in [-0.39, 0.29) is 29.8 Å². The van der Waals surface area contributed by atoms with E-state index >= 15 is 0 Å². The maximum absolute atomic E-state index is 12.5. The van der Waals surface area contributed by atoms with Crippen LogP contribution in [-0.4, -0.2) is 43.4 Å². The Morgan fingerprint density at radius 2 is 1.69 bits per heavy atom. The standard InChI is InChI=1S/C22H21NO6/c1-5-8-23-20(24)16-7-6-14(10-17(16)21(23)25)22(26)29-12-15-11-19(28-4)18(27-3)9-13(15)2/h5-7,9-11H,1,8,12H2,2-4H3. The van der Waals surface area contributed by atoms with Gasteiger partial charge in [-0.15, -0.1) is 6.58 Å². The summed E-state index contributed by atoms with van der Waals surface area (Å²) < 4.78 is 15.9. The Balaban J connectivity index is 1.78. The monoisotopic (exact) mass is 395 g/mol. The molecule has 1 heterocycles. The van der Waals surface area contributed by atoms with Gasteiger partial charge in [-0.1, -0.05) is 6.08 Å². The molecule has 150 valence electrons. The van der Waals surface area contributed by atoms with Gasteiger partial charge in [0.2, 0.25) is 0 Å². The molecule has 0 atom stereocenters. The number of rotatable bonds is 7. The number of methoxy groups -OCH3 is 2. The molecule has 29 heavy (non-hydrogen) atoms. The number of hydrogen-bond acceptors (Lipinski definition) is 6. The van der Waals surface area contributed by atoms with Crippen molar-refractivity contribution in [2.75, 3.05) is 20.8 Å². The molecule has 0 spiro atoms. The molecule has 7 nitrogen and oxygen atoms in total. The molecular weight excluding hydrogens is 374 g/mol. The van der Waals surface area contributed by atoms with Gasteiger partial charge in [0.1, 0.15) is 6.61 Å². The molecule has 2 aromatic carbocycles. The van der Waals surface area contributed by atoms with Crippen LogP contribution in [0.2, 0.25) is 0 Å². The van der Waals surface area contributed by atoms with E-state index in [0.29, 0.717) is 11.5 Å². The van der Waals surface area contributed by atoms with E-state index in [0.717, 1.165) is 16.0 Å². The quantitative estimate of drug-likeness (QED) is 0.407. The fraction of sp³-hybridized carbons (Fsp3) is 0.227. The van der Waals surface area contributed by atoms with E-state index in [4.69, 9.17) is 14.2 Å². The molecule has 2 aromatic rings. The van der Waals surface area contributed by atoms with E-state index in [1.807, 2.05) is 6.92 Å². The molecule has 0 unspecified atom stereocenters. The Hall–Kier alpha value is -3.61. The number of esters is 1. The zero-order valence-electron chi connectivity index (χ0n) is 16.5. The minimum absolute atomic E-state index is 0.0254. The first kappa shape index (κ1) is 20.1. The third-order valence-corrected chi connectivity index (χ3v) is 4.72. The van der Waals surface area contributed by atoms with Gasteiger partial charge < -0.3 is 14.2 Å². The zero-order chi connectivity index (χ0) is 21.1. The molecule has 0 fully saturated rings. The van der Waals surface area contributed by atoms with E-state index < -0.39 is 17.8 Å². The molecule has 0 aromatic heterocycles. The van der Waals surface area contributed by atoms with Crippen LogP contribution in [0.25, 0.3) is 0 Å². The average molecular weight is 395 g/mol. The Morgan fingerprint density at radius 3 is 2.34 bits per heavy atom. The molecule has 0 N–H and O–H groups in total. The van der Waals surface area contributed by atoms with E-state index in [9.17, 15) is 14.4 Å². The second kappa shape index (κ2) is 8.18. The van der Waals surface area contributed by atoms with Crippen molar-refractivity contribution >= 4 is 17.8 Å². The molecule has 0 radical (unpaired) electrons. The Kier molecular flexibility index (Phi) is 5.68. The van der Waals surface area contributed by atoms with Crippen molar-refractivity contribution in [2.45, 2.75) is 13.5 Å². The van der Waals surface area contributed by atoms with E-state index in [1.54, 1.807) is 19.2 Å². The lowest BCUT2D eigenvalue weighted by atomic mass is 10.1. The summed E-state index contributed by atoms with van der Waals surface area (Å²) in [7, 11) is 3.08. The summed E-state index contributed by atoms with van der Waals surface area (Å²) in [6.45, 7) is 5.56. The number of aryl methyl sites for hydroxylation is 1. The normalized spacial score (nSPS) is 12.6. The molecule has 1 aliphatic heterocycles. The summed E-state index contributed by atoms with van der Waals surface area (Å²) in [5.74, 6) is -0.315. The second-order valence-corrected chi connectivity index (χ2v) is 6.48. The highest BCUT2D eigenvalue weighted by atomic mass is 16.5.